The van der Waals surface area contributed by atoms with Crippen molar-refractivity contribution < 1.29 is 4.74 Å². The van der Waals surface area contributed by atoms with E-state index in [1.54, 1.807) is 0 Å². The molecule has 6 nitrogen and oxygen atoms in total. The second-order valence-corrected chi connectivity index (χ2v) is 6.04. The summed E-state index contributed by atoms with van der Waals surface area (Å²) >= 11 is 0. The molecule has 136 valence electrons. The molecule has 0 aromatic carbocycles. The molecule has 0 spiro atoms. The Kier molecular flexibility index (Phi) is 9.35. The Bertz CT molecular complexity index is 523. The summed E-state index contributed by atoms with van der Waals surface area (Å²) in [6.07, 6.45) is 1.16. The molecular weight excluding hydrogens is 417 g/mol. The molecule has 1 saturated heterocycles. The number of hydrogen-bond donors (Lipinski definition) is 1. The molecule has 1 aromatic rings. The maximum Gasteiger partial charge on any atom is 0.193 e. The number of guanidine groups is 1. The summed E-state index contributed by atoms with van der Waals surface area (Å²) in [5.41, 5.74) is 1.02. The lowest BCUT2D eigenvalue weighted by atomic mass is 10.1. The molecule has 0 radical (unpaired) electrons. The smallest absolute Gasteiger partial charge is 0.193 e. The standard InChI is InChI=1S/C17H29N5O.HI/c1-5-23-13-14-9-10-22(12-14)17(18-2)19-11-15-7-6-8-16(20-15)21(3)4;/h6-8,14H,5,9-13H2,1-4H3,(H,18,19);1H. The van der Waals surface area contributed by atoms with Crippen LogP contribution in [0.2, 0.25) is 0 Å². The maximum atomic E-state index is 5.54. The van der Waals surface area contributed by atoms with Gasteiger partial charge in [0.2, 0.25) is 0 Å². The lowest BCUT2D eigenvalue weighted by Gasteiger charge is -2.22. The van der Waals surface area contributed by atoms with Crippen LogP contribution in [0.5, 0.6) is 0 Å². The van der Waals surface area contributed by atoms with Gasteiger partial charge >= 0.3 is 0 Å². The van der Waals surface area contributed by atoms with E-state index in [2.05, 4.69) is 20.2 Å². The van der Waals surface area contributed by atoms with Crippen molar-refractivity contribution in [3.63, 3.8) is 0 Å². The predicted octanol–water partition coefficient (Wildman–Crippen LogP) is 2.20. The second-order valence-electron chi connectivity index (χ2n) is 6.04. The number of likely N-dealkylation sites (tertiary alicyclic amines) is 1. The zero-order valence-corrected chi connectivity index (χ0v) is 17.5. The van der Waals surface area contributed by atoms with Gasteiger partial charge in [-0.05, 0) is 25.5 Å². The minimum atomic E-state index is 0. The number of nitrogens with one attached hydrogen (secondary N) is 1. The first kappa shape index (κ1) is 21.0. The van der Waals surface area contributed by atoms with Crippen molar-refractivity contribution in [1.82, 2.24) is 15.2 Å². The number of aromatic nitrogens is 1. The van der Waals surface area contributed by atoms with Crippen LogP contribution in [0.4, 0.5) is 5.82 Å². The molecule has 7 heteroatoms. The van der Waals surface area contributed by atoms with Crippen LogP contribution < -0.4 is 10.2 Å². The van der Waals surface area contributed by atoms with E-state index in [1.165, 1.54) is 0 Å². The normalized spacial score (nSPS) is 17.6. The van der Waals surface area contributed by atoms with Crippen molar-refractivity contribution in [2.45, 2.75) is 19.9 Å². The van der Waals surface area contributed by atoms with Crippen LogP contribution >= 0.6 is 24.0 Å². The molecule has 2 rings (SSSR count). The highest BCUT2D eigenvalue weighted by atomic mass is 127. The van der Waals surface area contributed by atoms with Gasteiger partial charge in [0.15, 0.2) is 5.96 Å². The van der Waals surface area contributed by atoms with Gasteiger partial charge < -0.3 is 19.9 Å². The maximum absolute atomic E-state index is 5.54. The van der Waals surface area contributed by atoms with Crippen LogP contribution in [0.3, 0.4) is 0 Å². The van der Waals surface area contributed by atoms with E-state index in [4.69, 9.17) is 4.74 Å². The Morgan fingerprint density at radius 1 is 1.46 bits per heavy atom. The molecule has 1 unspecified atom stereocenters. The summed E-state index contributed by atoms with van der Waals surface area (Å²) in [6, 6.07) is 6.09. The fourth-order valence-electron chi connectivity index (χ4n) is 2.76. The largest absolute Gasteiger partial charge is 0.381 e. The summed E-state index contributed by atoms with van der Waals surface area (Å²) in [6.45, 7) is 6.39. The molecule has 1 N–H and O–H groups in total. The highest BCUT2D eigenvalue weighted by Gasteiger charge is 2.24. The summed E-state index contributed by atoms with van der Waals surface area (Å²) < 4.78 is 5.54. The summed E-state index contributed by atoms with van der Waals surface area (Å²) in [5.74, 6) is 2.52. The Labute approximate surface area is 162 Å². The van der Waals surface area contributed by atoms with E-state index in [9.17, 15) is 0 Å². The number of hydrogen-bond acceptors (Lipinski definition) is 4. The second kappa shape index (κ2) is 10.7. The summed E-state index contributed by atoms with van der Waals surface area (Å²) in [5, 5.41) is 3.42. The van der Waals surface area contributed by atoms with Crippen molar-refractivity contribution in [3.05, 3.63) is 23.9 Å². The van der Waals surface area contributed by atoms with Gasteiger partial charge in [-0.1, -0.05) is 6.07 Å². The third kappa shape index (κ3) is 6.08. The Morgan fingerprint density at radius 2 is 2.25 bits per heavy atom. The zero-order valence-electron chi connectivity index (χ0n) is 15.2. The van der Waals surface area contributed by atoms with Gasteiger partial charge in [-0.3, -0.25) is 4.99 Å². The van der Waals surface area contributed by atoms with Gasteiger partial charge in [0.05, 0.1) is 18.8 Å². The number of halogens is 1. The first-order valence-electron chi connectivity index (χ1n) is 8.30. The van der Waals surface area contributed by atoms with E-state index in [1.807, 2.05) is 51.2 Å². The Morgan fingerprint density at radius 3 is 2.92 bits per heavy atom. The van der Waals surface area contributed by atoms with E-state index in [0.717, 1.165) is 50.2 Å². The quantitative estimate of drug-likeness (QED) is 0.412. The number of anilines is 1. The molecule has 0 bridgehead atoms. The molecule has 1 aliphatic heterocycles. The van der Waals surface area contributed by atoms with E-state index in [-0.39, 0.29) is 24.0 Å². The first-order valence-corrected chi connectivity index (χ1v) is 8.30. The topological polar surface area (TPSA) is 53.0 Å². The van der Waals surface area contributed by atoms with Crippen molar-refractivity contribution in [2.75, 3.05) is 52.3 Å². The third-order valence-corrected chi connectivity index (χ3v) is 4.03. The van der Waals surface area contributed by atoms with Crippen molar-refractivity contribution in [1.29, 1.82) is 0 Å². The highest BCUT2D eigenvalue weighted by Crippen LogP contribution is 2.16. The molecule has 1 aromatic heterocycles. The van der Waals surface area contributed by atoms with Gasteiger partial charge in [0, 0.05) is 46.8 Å². The minimum Gasteiger partial charge on any atom is -0.381 e. The average Bonchev–Trinajstić information content (AvgIpc) is 3.02. The first-order chi connectivity index (χ1) is 11.1. The SMILES string of the molecule is CCOCC1CCN(C(=NC)NCc2cccc(N(C)C)n2)C1.I. The van der Waals surface area contributed by atoms with Crippen LogP contribution in [0.25, 0.3) is 0 Å². The zero-order chi connectivity index (χ0) is 16.7. The fraction of sp³-hybridized carbons (Fsp3) is 0.647. The Hall–Kier alpha value is -1.09. The molecule has 0 aliphatic carbocycles. The molecule has 0 amide bonds. The number of aliphatic imine (C=N–C) groups is 1. The van der Waals surface area contributed by atoms with Gasteiger partial charge in [0.1, 0.15) is 5.82 Å². The van der Waals surface area contributed by atoms with E-state index in [0.29, 0.717) is 12.5 Å². The van der Waals surface area contributed by atoms with Crippen molar-refractivity contribution in [3.8, 4) is 0 Å². The molecule has 1 aliphatic rings. The molecule has 1 fully saturated rings. The van der Waals surface area contributed by atoms with Crippen molar-refractivity contribution in [2.24, 2.45) is 10.9 Å². The number of nitrogens with zero attached hydrogens (tertiary/aromatic N) is 4. The monoisotopic (exact) mass is 447 g/mol. The van der Waals surface area contributed by atoms with Gasteiger partial charge in [-0.2, -0.15) is 0 Å². The summed E-state index contributed by atoms with van der Waals surface area (Å²) in [4.78, 5) is 13.4. The lowest BCUT2D eigenvalue weighted by molar-refractivity contribution is 0.114. The number of ether oxygens (including phenoxy) is 1. The highest BCUT2D eigenvalue weighted by molar-refractivity contribution is 14.0. The van der Waals surface area contributed by atoms with Gasteiger partial charge in [-0.15, -0.1) is 24.0 Å². The molecule has 2 heterocycles. The fourth-order valence-corrected chi connectivity index (χ4v) is 2.76. The van der Waals surface area contributed by atoms with Crippen molar-refractivity contribution >= 4 is 35.8 Å². The molecule has 0 saturated carbocycles. The molecule has 24 heavy (non-hydrogen) atoms. The number of rotatable bonds is 6. The average molecular weight is 447 g/mol. The predicted molar refractivity (Wildman–Crippen MR) is 110 cm³/mol. The van der Waals surface area contributed by atoms with Crippen LogP contribution in [0.1, 0.15) is 19.0 Å². The van der Waals surface area contributed by atoms with Crippen LogP contribution in [0, 0.1) is 5.92 Å². The third-order valence-electron chi connectivity index (χ3n) is 4.03. The molecule has 1 atom stereocenters. The molecular formula is C17H30IN5O. The van der Waals surface area contributed by atoms with Crippen LogP contribution in [-0.2, 0) is 11.3 Å². The summed E-state index contributed by atoms with van der Waals surface area (Å²) in [7, 11) is 5.84. The minimum absolute atomic E-state index is 0. The number of pyridine rings is 1. The van der Waals surface area contributed by atoms with Gasteiger partial charge in [0.25, 0.3) is 0 Å². The van der Waals surface area contributed by atoms with E-state index >= 15 is 0 Å². The lowest BCUT2D eigenvalue weighted by Crippen LogP contribution is -2.40. The van der Waals surface area contributed by atoms with Crippen LogP contribution in [-0.4, -0.2) is 63.3 Å². The van der Waals surface area contributed by atoms with Crippen LogP contribution in [0.15, 0.2) is 23.2 Å². The van der Waals surface area contributed by atoms with Gasteiger partial charge in [-0.25, -0.2) is 4.98 Å². The Balaban J connectivity index is 0.00000288. The van der Waals surface area contributed by atoms with E-state index < -0.39 is 0 Å².